The second-order valence-electron chi connectivity index (χ2n) is 8.36. The molecule has 0 bridgehead atoms. The van der Waals surface area contributed by atoms with E-state index in [9.17, 15) is 9.59 Å². The molecule has 5 rings (SSSR count). The third-order valence-corrected chi connectivity index (χ3v) is 6.05. The molecule has 1 fully saturated rings. The minimum Gasteiger partial charge on any atom is -0.444 e. The van der Waals surface area contributed by atoms with Crippen molar-refractivity contribution in [3.8, 4) is 11.1 Å². The van der Waals surface area contributed by atoms with Crippen molar-refractivity contribution < 1.29 is 23.2 Å². The Bertz CT molecular complexity index is 1270. The minimum absolute atomic E-state index is 0.0992. The lowest BCUT2D eigenvalue weighted by molar-refractivity contribution is -0.129. The van der Waals surface area contributed by atoms with Gasteiger partial charge >= 0.3 is 6.09 Å². The standard InChI is InChI=1S/C24H24FN7O4/c25-21-11-18(31-14-19(36-24(31)34)4-2-17-7-10-35-29-17)3-5-20(21)16-1-6-22(27-13-16)30-8-9-32(28-15-30)23(33)12-26/h1,3,5-7,10-11,13,15,19H,2,4,8-9,12,14,26H2/t19-/m0/s1. The molecule has 3 aromatic rings. The van der Waals surface area contributed by atoms with E-state index in [0.29, 0.717) is 55.1 Å². The van der Waals surface area contributed by atoms with E-state index in [0.717, 1.165) is 5.69 Å². The molecule has 1 atom stereocenters. The summed E-state index contributed by atoms with van der Waals surface area (Å²) in [7, 11) is 0. The van der Waals surface area contributed by atoms with Crippen LogP contribution in [0.3, 0.4) is 0 Å². The fourth-order valence-electron chi connectivity index (χ4n) is 4.09. The molecule has 36 heavy (non-hydrogen) atoms. The Morgan fingerprint density at radius 2 is 2.08 bits per heavy atom. The predicted octanol–water partition coefficient (Wildman–Crippen LogP) is 2.38. The summed E-state index contributed by atoms with van der Waals surface area (Å²) >= 11 is 0. The Morgan fingerprint density at radius 3 is 2.75 bits per heavy atom. The lowest BCUT2D eigenvalue weighted by Crippen LogP contribution is -2.43. The number of aromatic nitrogens is 2. The Hall–Kier alpha value is -4.32. The minimum atomic E-state index is -0.506. The van der Waals surface area contributed by atoms with Gasteiger partial charge in [-0.25, -0.2) is 19.2 Å². The van der Waals surface area contributed by atoms with E-state index in [-0.39, 0.29) is 18.6 Å². The van der Waals surface area contributed by atoms with Crippen LogP contribution in [0.15, 0.2) is 58.5 Å². The lowest BCUT2D eigenvalue weighted by Gasteiger charge is -2.27. The van der Waals surface area contributed by atoms with Gasteiger partial charge in [-0.1, -0.05) is 5.16 Å². The van der Waals surface area contributed by atoms with Crippen LogP contribution in [0.1, 0.15) is 12.1 Å². The Balaban J connectivity index is 1.24. The van der Waals surface area contributed by atoms with Crippen LogP contribution >= 0.6 is 0 Å². The van der Waals surface area contributed by atoms with Gasteiger partial charge in [0.05, 0.1) is 31.0 Å². The van der Waals surface area contributed by atoms with Crippen molar-refractivity contribution in [3.63, 3.8) is 0 Å². The number of hydrogen-bond acceptors (Lipinski definition) is 9. The molecule has 2 N–H and O–H groups in total. The fraction of sp³-hybridized carbons (Fsp3) is 0.292. The van der Waals surface area contributed by atoms with E-state index in [4.69, 9.17) is 15.0 Å². The molecule has 2 aromatic heterocycles. The zero-order chi connectivity index (χ0) is 25.1. The average Bonchev–Trinajstić information content (AvgIpc) is 3.56. The van der Waals surface area contributed by atoms with E-state index < -0.39 is 11.9 Å². The Morgan fingerprint density at radius 1 is 1.19 bits per heavy atom. The van der Waals surface area contributed by atoms with Gasteiger partial charge < -0.3 is 19.9 Å². The number of carbonyl (C=O) groups excluding carboxylic acids is 2. The first-order chi connectivity index (χ1) is 17.5. The molecule has 2 aliphatic rings. The second kappa shape index (κ2) is 10.1. The van der Waals surface area contributed by atoms with Gasteiger partial charge in [0.15, 0.2) is 0 Å². The van der Waals surface area contributed by atoms with Gasteiger partial charge in [-0.05, 0) is 43.2 Å². The second-order valence-corrected chi connectivity index (χ2v) is 8.36. The van der Waals surface area contributed by atoms with Crippen LogP contribution in [0.5, 0.6) is 0 Å². The summed E-state index contributed by atoms with van der Waals surface area (Å²) in [5, 5.41) is 9.26. The maximum absolute atomic E-state index is 15.1. The van der Waals surface area contributed by atoms with Crippen molar-refractivity contribution in [2.75, 3.05) is 36.0 Å². The van der Waals surface area contributed by atoms with Crippen LogP contribution in [0.2, 0.25) is 0 Å². The molecule has 2 amide bonds. The molecular weight excluding hydrogens is 469 g/mol. The van der Waals surface area contributed by atoms with E-state index in [1.807, 2.05) is 0 Å². The SMILES string of the molecule is NCC(=O)N1CCN(c2ccc(-c3ccc(N4C[C@H](CCc5ccon5)OC4=O)cc3F)cn2)C=N1. The van der Waals surface area contributed by atoms with Crippen molar-refractivity contribution in [2.24, 2.45) is 10.8 Å². The summed E-state index contributed by atoms with van der Waals surface area (Å²) in [6, 6.07) is 9.92. The number of ether oxygens (including phenoxy) is 1. The summed E-state index contributed by atoms with van der Waals surface area (Å²) in [6.45, 7) is 1.14. The first-order valence-corrected chi connectivity index (χ1v) is 11.5. The third kappa shape index (κ3) is 4.89. The van der Waals surface area contributed by atoms with Crippen molar-refractivity contribution in [3.05, 3.63) is 60.4 Å². The van der Waals surface area contributed by atoms with E-state index >= 15 is 4.39 Å². The normalized spacial score (nSPS) is 17.6. The summed E-state index contributed by atoms with van der Waals surface area (Å²) < 4.78 is 25.3. The summed E-state index contributed by atoms with van der Waals surface area (Å²) in [6.07, 6.45) is 4.98. The van der Waals surface area contributed by atoms with Gasteiger partial charge in [-0.2, -0.15) is 5.10 Å². The Kier molecular flexibility index (Phi) is 6.58. The molecule has 2 aliphatic heterocycles. The van der Waals surface area contributed by atoms with Crippen molar-refractivity contribution in [1.82, 2.24) is 15.1 Å². The number of halogens is 1. The van der Waals surface area contributed by atoms with Crippen LogP contribution in [0.4, 0.5) is 20.7 Å². The molecule has 0 unspecified atom stereocenters. The maximum atomic E-state index is 15.1. The number of rotatable bonds is 7. The first-order valence-electron chi connectivity index (χ1n) is 11.5. The fourth-order valence-corrected chi connectivity index (χ4v) is 4.09. The molecule has 4 heterocycles. The van der Waals surface area contributed by atoms with E-state index in [2.05, 4.69) is 15.2 Å². The molecule has 186 valence electrons. The van der Waals surface area contributed by atoms with Crippen LogP contribution in [0.25, 0.3) is 11.1 Å². The number of anilines is 2. The van der Waals surface area contributed by atoms with Crippen LogP contribution < -0.4 is 15.5 Å². The molecule has 0 spiro atoms. The van der Waals surface area contributed by atoms with E-state index in [1.54, 1.807) is 41.4 Å². The molecular formula is C24H24FN7O4. The zero-order valence-corrected chi connectivity index (χ0v) is 19.3. The van der Waals surface area contributed by atoms with Gasteiger partial charge in [0, 0.05) is 29.9 Å². The monoisotopic (exact) mass is 493 g/mol. The van der Waals surface area contributed by atoms with Crippen LogP contribution in [-0.4, -0.2) is 65.8 Å². The molecule has 0 radical (unpaired) electrons. The number of hydrogen-bond donors (Lipinski definition) is 1. The van der Waals surface area contributed by atoms with E-state index in [1.165, 1.54) is 28.6 Å². The molecule has 11 nitrogen and oxygen atoms in total. The first kappa shape index (κ1) is 23.4. The van der Waals surface area contributed by atoms with Crippen molar-refractivity contribution in [2.45, 2.75) is 18.9 Å². The van der Waals surface area contributed by atoms with Crippen molar-refractivity contribution >= 4 is 29.8 Å². The average molecular weight is 493 g/mol. The number of hydrazone groups is 1. The van der Waals surface area contributed by atoms with Gasteiger partial charge in [0.1, 0.15) is 30.3 Å². The highest BCUT2D eigenvalue weighted by Gasteiger charge is 2.32. The van der Waals surface area contributed by atoms with Crippen LogP contribution in [0, 0.1) is 5.82 Å². The number of benzene rings is 1. The Labute approximate surface area is 205 Å². The number of pyridine rings is 1. The zero-order valence-electron chi connectivity index (χ0n) is 19.3. The molecule has 1 aromatic carbocycles. The summed E-state index contributed by atoms with van der Waals surface area (Å²) in [5.41, 5.74) is 7.53. The topological polar surface area (TPSA) is 130 Å². The predicted molar refractivity (Wildman–Crippen MR) is 129 cm³/mol. The van der Waals surface area contributed by atoms with Gasteiger partial charge in [-0.3, -0.25) is 9.69 Å². The highest BCUT2D eigenvalue weighted by Crippen LogP contribution is 2.30. The smallest absolute Gasteiger partial charge is 0.414 e. The number of nitrogens with zero attached hydrogens (tertiary/aromatic N) is 6. The van der Waals surface area contributed by atoms with Crippen molar-refractivity contribution in [1.29, 1.82) is 0 Å². The lowest BCUT2D eigenvalue weighted by atomic mass is 10.1. The summed E-state index contributed by atoms with van der Waals surface area (Å²) in [5.74, 6) is -0.107. The quantitative estimate of drug-likeness (QED) is 0.531. The summed E-state index contributed by atoms with van der Waals surface area (Å²) in [4.78, 5) is 31.6. The number of carbonyl (C=O) groups is 2. The third-order valence-electron chi connectivity index (χ3n) is 6.05. The van der Waals surface area contributed by atoms with Gasteiger partial charge in [-0.15, -0.1) is 0 Å². The van der Waals surface area contributed by atoms with Crippen LogP contribution in [-0.2, 0) is 16.0 Å². The molecule has 0 saturated carbocycles. The largest absolute Gasteiger partial charge is 0.444 e. The van der Waals surface area contributed by atoms with Gasteiger partial charge in [0.25, 0.3) is 5.91 Å². The molecule has 12 heteroatoms. The number of aryl methyl sites for hydroxylation is 1. The molecule has 1 saturated heterocycles. The molecule has 0 aliphatic carbocycles. The highest BCUT2D eigenvalue weighted by molar-refractivity contribution is 5.90. The number of cyclic esters (lactones) is 1. The maximum Gasteiger partial charge on any atom is 0.414 e. The number of nitrogens with two attached hydrogens (primary N) is 1. The highest BCUT2D eigenvalue weighted by atomic mass is 19.1. The number of amides is 2. The van der Waals surface area contributed by atoms with Gasteiger partial charge in [0.2, 0.25) is 0 Å².